The molecule has 2 saturated heterocycles. The smallest absolute Gasteiger partial charge is 0.421 e. The third kappa shape index (κ3) is 4.62. The van der Waals surface area contributed by atoms with Crippen molar-refractivity contribution in [2.24, 2.45) is 5.73 Å². The third-order valence-electron chi connectivity index (χ3n) is 5.82. The second-order valence-corrected chi connectivity index (χ2v) is 7.71. The van der Waals surface area contributed by atoms with Crippen molar-refractivity contribution in [3.63, 3.8) is 0 Å². The fraction of sp³-hybridized carbons (Fsp3) is 0.429. The molecule has 0 spiro atoms. The average molecular weight is 509 g/mol. The van der Waals surface area contributed by atoms with Crippen LogP contribution in [0.5, 0.6) is 5.75 Å². The fourth-order valence-electron chi connectivity index (χ4n) is 4.23. The maximum Gasteiger partial charge on any atom is 0.421 e. The van der Waals surface area contributed by atoms with E-state index in [9.17, 15) is 26.7 Å². The van der Waals surface area contributed by atoms with Gasteiger partial charge < -0.3 is 20.1 Å². The molecular formula is C21H22ClF5N4O3. The van der Waals surface area contributed by atoms with E-state index in [1.54, 1.807) is 0 Å². The highest BCUT2D eigenvalue weighted by Gasteiger charge is 2.47. The van der Waals surface area contributed by atoms with Gasteiger partial charge in [-0.25, -0.2) is 13.8 Å². The summed E-state index contributed by atoms with van der Waals surface area (Å²) in [5.74, 6) is -4.88. The van der Waals surface area contributed by atoms with E-state index in [2.05, 4.69) is 4.98 Å². The molecular weight excluding hydrogens is 487 g/mol. The summed E-state index contributed by atoms with van der Waals surface area (Å²) in [4.78, 5) is 19.0. The number of hydrogen-bond acceptors (Lipinski definition) is 6. The second kappa shape index (κ2) is 9.88. The molecule has 2 aliphatic heterocycles. The number of morpholine rings is 1. The minimum absolute atomic E-state index is 0. The van der Waals surface area contributed by atoms with Crippen molar-refractivity contribution >= 4 is 29.8 Å². The van der Waals surface area contributed by atoms with E-state index in [-0.39, 0.29) is 50.1 Å². The topological polar surface area (TPSA) is 80.9 Å². The largest absolute Gasteiger partial charge is 0.497 e. The van der Waals surface area contributed by atoms with Gasteiger partial charge in [0.15, 0.2) is 0 Å². The number of alkyl halides is 3. The number of benzene rings is 1. The summed E-state index contributed by atoms with van der Waals surface area (Å²) in [5, 5.41) is 0. The van der Waals surface area contributed by atoms with Crippen LogP contribution in [-0.2, 0) is 15.7 Å². The number of halogens is 6. The van der Waals surface area contributed by atoms with Crippen LogP contribution in [0.1, 0.15) is 17.0 Å². The van der Waals surface area contributed by atoms with Gasteiger partial charge in [0.25, 0.3) is 0 Å². The van der Waals surface area contributed by atoms with Crippen LogP contribution in [0.3, 0.4) is 0 Å². The molecule has 2 atom stereocenters. The molecule has 0 unspecified atom stereocenters. The number of aromatic nitrogens is 1. The Morgan fingerprint density at radius 3 is 2.35 bits per heavy atom. The molecule has 0 saturated carbocycles. The van der Waals surface area contributed by atoms with Gasteiger partial charge >= 0.3 is 6.18 Å². The first-order valence-corrected chi connectivity index (χ1v) is 10.1. The molecule has 34 heavy (non-hydrogen) atoms. The summed E-state index contributed by atoms with van der Waals surface area (Å²) >= 11 is 0. The Balaban J connectivity index is 0.00000324. The molecule has 0 bridgehead atoms. The standard InChI is InChI=1S/C21H21F5N4O3.ClH/c1-32-11-8-13(22)16(14(23)9-11)12-10-30(20(31)18(12)27)19-17(21(24,25)26)15(2-3-28-19)29-4-6-33-7-5-29;/h2-3,8-9,12,18H,4-7,10,27H2,1H3;1H/t12-,18-;/m0./s1. The fourth-order valence-corrected chi connectivity index (χ4v) is 4.23. The van der Waals surface area contributed by atoms with E-state index in [0.717, 1.165) is 23.2 Å². The van der Waals surface area contributed by atoms with E-state index < -0.39 is 59.2 Å². The molecule has 7 nitrogen and oxygen atoms in total. The number of rotatable bonds is 4. The van der Waals surface area contributed by atoms with Crippen LogP contribution < -0.4 is 20.3 Å². The van der Waals surface area contributed by atoms with Crippen molar-refractivity contribution in [3.8, 4) is 5.75 Å². The molecule has 186 valence electrons. The number of anilines is 2. The van der Waals surface area contributed by atoms with Crippen molar-refractivity contribution < 1.29 is 36.2 Å². The summed E-state index contributed by atoms with van der Waals surface area (Å²) in [6.07, 6.45) is -3.69. The zero-order valence-corrected chi connectivity index (χ0v) is 18.8. The number of pyridine rings is 1. The number of carbonyl (C=O) groups excluding carboxylic acids is 1. The highest BCUT2D eigenvalue weighted by atomic mass is 35.5. The molecule has 2 aliphatic rings. The molecule has 2 fully saturated rings. The normalized spacial score (nSPS) is 21.0. The number of hydrogen-bond donors (Lipinski definition) is 1. The number of nitrogens with two attached hydrogens (primary N) is 1. The van der Waals surface area contributed by atoms with E-state index in [0.29, 0.717) is 0 Å². The van der Waals surface area contributed by atoms with Crippen molar-refractivity contribution in [3.05, 3.63) is 47.2 Å². The molecule has 0 aliphatic carbocycles. The monoisotopic (exact) mass is 508 g/mol. The van der Waals surface area contributed by atoms with Crippen molar-refractivity contribution in [1.29, 1.82) is 0 Å². The first kappa shape index (κ1) is 25.9. The number of amides is 1. The summed E-state index contributed by atoms with van der Waals surface area (Å²) in [7, 11) is 1.23. The molecule has 2 aromatic rings. The van der Waals surface area contributed by atoms with Crippen molar-refractivity contribution in [1.82, 2.24) is 4.98 Å². The molecule has 2 N–H and O–H groups in total. The van der Waals surface area contributed by atoms with E-state index in [1.807, 2.05) is 0 Å². The molecule has 13 heteroatoms. The summed E-state index contributed by atoms with van der Waals surface area (Å²) in [6, 6.07) is 1.61. The van der Waals surface area contributed by atoms with Crippen molar-refractivity contribution in [2.45, 2.75) is 18.1 Å². The lowest BCUT2D eigenvalue weighted by molar-refractivity contribution is -0.137. The van der Waals surface area contributed by atoms with Gasteiger partial charge in [-0.2, -0.15) is 13.2 Å². The van der Waals surface area contributed by atoms with E-state index >= 15 is 0 Å². The highest BCUT2D eigenvalue weighted by Crippen LogP contribution is 2.44. The van der Waals surface area contributed by atoms with Crippen LogP contribution in [0.2, 0.25) is 0 Å². The Hall–Kier alpha value is -2.70. The van der Waals surface area contributed by atoms with Gasteiger partial charge in [-0.3, -0.25) is 9.69 Å². The van der Waals surface area contributed by atoms with Gasteiger partial charge in [-0.15, -0.1) is 12.4 Å². The lowest BCUT2D eigenvalue weighted by Crippen LogP contribution is -2.39. The minimum atomic E-state index is -4.85. The van der Waals surface area contributed by atoms with Gasteiger partial charge in [0.2, 0.25) is 5.91 Å². The van der Waals surface area contributed by atoms with Gasteiger partial charge in [-0.1, -0.05) is 0 Å². The zero-order valence-electron chi connectivity index (χ0n) is 17.9. The minimum Gasteiger partial charge on any atom is -0.497 e. The maximum absolute atomic E-state index is 14.6. The first-order valence-electron chi connectivity index (χ1n) is 10.1. The summed E-state index contributed by atoms with van der Waals surface area (Å²) in [6.45, 7) is 0.486. The van der Waals surface area contributed by atoms with Crippen LogP contribution in [-0.4, -0.2) is 56.9 Å². The van der Waals surface area contributed by atoms with E-state index in [4.69, 9.17) is 15.2 Å². The van der Waals surface area contributed by atoms with Gasteiger partial charge in [0.1, 0.15) is 28.8 Å². The predicted octanol–water partition coefficient (Wildman–Crippen LogP) is 3.10. The quantitative estimate of drug-likeness (QED) is 0.639. The molecule has 4 rings (SSSR count). The van der Waals surface area contributed by atoms with Crippen molar-refractivity contribution in [2.75, 3.05) is 49.8 Å². The van der Waals surface area contributed by atoms with Crippen LogP contribution in [0, 0.1) is 11.6 Å². The van der Waals surface area contributed by atoms with Gasteiger partial charge in [0, 0.05) is 49.4 Å². The number of nitrogens with zero attached hydrogens (tertiary/aromatic N) is 3. The summed E-state index contributed by atoms with van der Waals surface area (Å²) in [5.41, 5.74) is 4.19. The molecule has 3 heterocycles. The second-order valence-electron chi connectivity index (χ2n) is 7.71. The molecule has 0 radical (unpaired) electrons. The van der Waals surface area contributed by atoms with Crippen LogP contribution in [0.4, 0.5) is 33.5 Å². The SMILES string of the molecule is COc1cc(F)c([C@@H]2CN(c3nccc(N4CCOCC4)c3C(F)(F)F)C(=O)[C@H]2N)c(F)c1.Cl. The van der Waals surface area contributed by atoms with Gasteiger partial charge in [0.05, 0.1) is 32.1 Å². The number of ether oxygens (including phenoxy) is 2. The Morgan fingerprint density at radius 2 is 1.79 bits per heavy atom. The van der Waals surface area contributed by atoms with E-state index in [1.165, 1.54) is 18.1 Å². The first-order chi connectivity index (χ1) is 15.6. The molecule has 1 aromatic carbocycles. The van der Waals surface area contributed by atoms with Crippen LogP contribution in [0.25, 0.3) is 0 Å². The highest BCUT2D eigenvalue weighted by molar-refractivity contribution is 6.01. The third-order valence-corrected chi connectivity index (χ3v) is 5.82. The zero-order chi connectivity index (χ0) is 23.9. The van der Waals surface area contributed by atoms with Gasteiger partial charge in [-0.05, 0) is 6.07 Å². The average Bonchev–Trinajstić information content (AvgIpc) is 3.07. The van der Waals surface area contributed by atoms with Crippen LogP contribution >= 0.6 is 12.4 Å². The Labute approximate surface area is 198 Å². The Kier molecular flexibility index (Phi) is 7.53. The summed E-state index contributed by atoms with van der Waals surface area (Å²) < 4.78 is 81.8. The predicted molar refractivity (Wildman–Crippen MR) is 115 cm³/mol. The Morgan fingerprint density at radius 1 is 1.18 bits per heavy atom. The molecule has 1 aromatic heterocycles. The number of carbonyl (C=O) groups is 1. The molecule has 1 amide bonds. The number of methoxy groups -OCH3 is 1. The lowest BCUT2D eigenvalue weighted by Gasteiger charge is -2.32. The Bertz CT molecular complexity index is 1040. The lowest BCUT2D eigenvalue weighted by atomic mass is 9.93. The van der Waals surface area contributed by atoms with Crippen LogP contribution in [0.15, 0.2) is 24.4 Å². The maximum atomic E-state index is 14.6.